The number of carbonyl (C=O) groups is 1. The highest BCUT2D eigenvalue weighted by Gasteiger charge is 2.22. The second-order valence-corrected chi connectivity index (χ2v) is 4.38. The van der Waals surface area contributed by atoms with Gasteiger partial charge >= 0.3 is 0 Å². The van der Waals surface area contributed by atoms with Crippen LogP contribution in [0.25, 0.3) is 0 Å². The van der Waals surface area contributed by atoms with Crippen LogP contribution >= 0.6 is 0 Å². The molecule has 1 amide bonds. The van der Waals surface area contributed by atoms with E-state index in [1.807, 2.05) is 11.9 Å². The molecule has 94 valence electrons. The van der Waals surface area contributed by atoms with Crippen molar-refractivity contribution in [3.05, 3.63) is 0 Å². The summed E-state index contributed by atoms with van der Waals surface area (Å²) in [6.45, 7) is 6.65. The molecule has 0 bridgehead atoms. The molecule has 4 heteroatoms. The maximum Gasteiger partial charge on any atom is 0.225 e. The van der Waals surface area contributed by atoms with Crippen LogP contribution in [-0.2, 0) is 9.53 Å². The quantitative estimate of drug-likeness (QED) is 0.763. The van der Waals surface area contributed by atoms with Crippen molar-refractivity contribution in [2.75, 3.05) is 26.7 Å². The highest BCUT2D eigenvalue weighted by Crippen LogP contribution is 2.10. The van der Waals surface area contributed by atoms with Gasteiger partial charge in [0.15, 0.2) is 0 Å². The van der Waals surface area contributed by atoms with Gasteiger partial charge in [-0.3, -0.25) is 4.79 Å². The third-order valence-electron chi connectivity index (χ3n) is 3.29. The van der Waals surface area contributed by atoms with Crippen molar-refractivity contribution in [2.45, 2.75) is 45.3 Å². The van der Waals surface area contributed by atoms with Crippen molar-refractivity contribution in [3.63, 3.8) is 0 Å². The van der Waals surface area contributed by atoms with E-state index >= 15 is 0 Å². The predicted molar refractivity (Wildman–Crippen MR) is 64.4 cm³/mol. The Morgan fingerprint density at radius 3 is 2.69 bits per heavy atom. The van der Waals surface area contributed by atoms with E-state index in [0.717, 1.165) is 25.9 Å². The van der Waals surface area contributed by atoms with Crippen LogP contribution in [0.1, 0.15) is 33.1 Å². The van der Waals surface area contributed by atoms with Crippen LogP contribution in [0.5, 0.6) is 0 Å². The highest BCUT2D eigenvalue weighted by molar-refractivity contribution is 5.76. The molecule has 0 aliphatic carbocycles. The van der Waals surface area contributed by atoms with E-state index in [-0.39, 0.29) is 12.0 Å². The van der Waals surface area contributed by atoms with Crippen LogP contribution in [0.2, 0.25) is 0 Å². The van der Waals surface area contributed by atoms with Crippen molar-refractivity contribution in [1.82, 2.24) is 10.2 Å². The molecule has 1 heterocycles. The average molecular weight is 228 g/mol. The summed E-state index contributed by atoms with van der Waals surface area (Å²) in [7, 11) is 1.90. The van der Waals surface area contributed by atoms with E-state index in [0.29, 0.717) is 19.1 Å². The smallest absolute Gasteiger partial charge is 0.225 e. The molecule has 1 atom stereocenters. The van der Waals surface area contributed by atoms with Crippen molar-refractivity contribution >= 4 is 5.91 Å². The van der Waals surface area contributed by atoms with Crippen LogP contribution in [0, 0.1) is 0 Å². The van der Waals surface area contributed by atoms with Crippen LogP contribution in [0.15, 0.2) is 0 Å². The summed E-state index contributed by atoms with van der Waals surface area (Å²) in [5.41, 5.74) is 0. The maximum absolute atomic E-state index is 12.0. The molecule has 1 aliphatic rings. The lowest BCUT2D eigenvalue weighted by Crippen LogP contribution is -2.43. The van der Waals surface area contributed by atoms with Crippen LogP contribution < -0.4 is 5.32 Å². The largest absolute Gasteiger partial charge is 0.375 e. The van der Waals surface area contributed by atoms with E-state index in [4.69, 9.17) is 4.74 Å². The zero-order valence-corrected chi connectivity index (χ0v) is 10.7. The topological polar surface area (TPSA) is 41.6 Å². The average Bonchev–Trinajstić information content (AvgIpc) is 2.31. The van der Waals surface area contributed by atoms with Crippen LogP contribution in [-0.4, -0.2) is 49.7 Å². The van der Waals surface area contributed by atoms with Crippen molar-refractivity contribution < 1.29 is 9.53 Å². The fourth-order valence-electron chi connectivity index (χ4n) is 2.13. The van der Waals surface area contributed by atoms with Gasteiger partial charge in [0.2, 0.25) is 5.91 Å². The molecule has 1 rings (SSSR count). The lowest BCUT2D eigenvalue weighted by atomic mass is 10.1. The summed E-state index contributed by atoms with van der Waals surface area (Å²) in [6.07, 6.45) is 2.59. The molecule has 16 heavy (non-hydrogen) atoms. The predicted octanol–water partition coefficient (Wildman–Crippen LogP) is 1.01. The molecule has 1 aliphatic heterocycles. The molecule has 1 fully saturated rings. The lowest BCUT2D eigenvalue weighted by molar-refractivity contribution is -0.135. The van der Waals surface area contributed by atoms with Gasteiger partial charge in [0.1, 0.15) is 0 Å². The number of rotatable bonds is 5. The molecule has 1 saturated heterocycles. The molecule has 0 radical (unpaired) electrons. The van der Waals surface area contributed by atoms with Crippen molar-refractivity contribution in [1.29, 1.82) is 0 Å². The van der Waals surface area contributed by atoms with Gasteiger partial charge in [-0.2, -0.15) is 0 Å². The van der Waals surface area contributed by atoms with Gasteiger partial charge in [0.05, 0.1) is 19.1 Å². The summed E-state index contributed by atoms with van der Waals surface area (Å²) in [5, 5.41) is 3.24. The summed E-state index contributed by atoms with van der Waals surface area (Å²) < 4.78 is 5.54. The number of nitrogens with zero attached hydrogens (tertiary/aromatic N) is 1. The number of amides is 1. The Morgan fingerprint density at radius 2 is 2.19 bits per heavy atom. The number of morpholine rings is 1. The number of carbonyl (C=O) groups excluding carboxylic acids is 1. The fraction of sp³-hybridized carbons (Fsp3) is 0.917. The Bertz CT molecular complexity index is 211. The van der Waals surface area contributed by atoms with Gasteiger partial charge in [0.25, 0.3) is 0 Å². The summed E-state index contributed by atoms with van der Waals surface area (Å²) in [5.74, 6) is 0.197. The molecule has 0 aromatic heterocycles. The molecule has 4 nitrogen and oxygen atoms in total. The normalized spacial score (nSPS) is 21.1. The fourth-order valence-corrected chi connectivity index (χ4v) is 2.13. The SMILES string of the molecule is CCC(CC)N(C)C(=O)CC1CNCCO1. The first-order chi connectivity index (χ1) is 7.69. The molecule has 0 aromatic rings. The zero-order valence-electron chi connectivity index (χ0n) is 10.7. The minimum absolute atomic E-state index is 0.0538. The number of ether oxygens (including phenoxy) is 1. The first kappa shape index (κ1) is 13.5. The van der Waals surface area contributed by atoms with Crippen LogP contribution in [0.4, 0.5) is 0 Å². The second-order valence-electron chi connectivity index (χ2n) is 4.38. The zero-order chi connectivity index (χ0) is 12.0. The van der Waals surface area contributed by atoms with E-state index in [1.54, 1.807) is 0 Å². The van der Waals surface area contributed by atoms with Gasteiger partial charge < -0.3 is 15.0 Å². The molecular weight excluding hydrogens is 204 g/mol. The van der Waals surface area contributed by atoms with Gasteiger partial charge in [-0.15, -0.1) is 0 Å². The lowest BCUT2D eigenvalue weighted by Gasteiger charge is -2.29. The standard InChI is InChI=1S/C12H24N2O2/c1-4-10(5-2)14(3)12(15)8-11-9-13-6-7-16-11/h10-11,13H,4-9H2,1-3H3. The highest BCUT2D eigenvalue weighted by atomic mass is 16.5. The first-order valence-electron chi connectivity index (χ1n) is 6.27. The number of hydrogen-bond acceptors (Lipinski definition) is 3. The van der Waals surface area contributed by atoms with Gasteiger partial charge in [-0.1, -0.05) is 13.8 Å². The molecule has 1 unspecified atom stereocenters. The van der Waals surface area contributed by atoms with Gasteiger partial charge in [0, 0.05) is 26.2 Å². The van der Waals surface area contributed by atoms with Crippen molar-refractivity contribution in [3.8, 4) is 0 Å². The summed E-state index contributed by atoms with van der Waals surface area (Å²) >= 11 is 0. The Kier molecular flexibility index (Phi) is 5.77. The molecule has 0 saturated carbocycles. The maximum atomic E-state index is 12.0. The number of nitrogens with one attached hydrogen (secondary N) is 1. The molecular formula is C12H24N2O2. The minimum atomic E-state index is 0.0538. The second kappa shape index (κ2) is 6.86. The first-order valence-corrected chi connectivity index (χ1v) is 6.27. The van der Waals surface area contributed by atoms with Crippen LogP contribution in [0.3, 0.4) is 0 Å². The third kappa shape index (κ3) is 3.76. The Hall–Kier alpha value is -0.610. The Balaban J connectivity index is 2.37. The van der Waals surface area contributed by atoms with E-state index in [9.17, 15) is 4.79 Å². The monoisotopic (exact) mass is 228 g/mol. The van der Waals surface area contributed by atoms with Gasteiger partial charge in [-0.25, -0.2) is 0 Å². The Labute approximate surface area is 98.3 Å². The van der Waals surface area contributed by atoms with E-state index < -0.39 is 0 Å². The number of hydrogen-bond donors (Lipinski definition) is 1. The summed E-state index contributed by atoms with van der Waals surface area (Å²) in [6, 6.07) is 0.365. The Morgan fingerprint density at radius 1 is 1.50 bits per heavy atom. The molecule has 1 N–H and O–H groups in total. The minimum Gasteiger partial charge on any atom is -0.375 e. The molecule has 0 spiro atoms. The van der Waals surface area contributed by atoms with E-state index in [2.05, 4.69) is 19.2 Å². The summed E-state index contributed by atoms with van der Waals surface area (Å²) in [4.78, 5) is 13.9. The van der Waals surface area contributed by atoms with Crippen molar-refractivity contribution in [2.24, 2.45) is 0 Å². The van der Waals surface area contributed by atoms with E-state index in [1.165, 1.54) is 0 Å². The van der Waals surface area contributed by atoms with Gasteiger partial charge in [-0.05, 0) is 12.8 Å². The third-order valence-corrected chi connectivity index (χ3v) is 3.29. The molecule has 0 aromatic carbocycles.